The molecule has 124 valence electrons. The number of nitrogens with two attached hydrogens (primary N) is 1. The molecule has 23 heavy (non-hydrogen) atoms. The summed E-state index contributed by atoms with van der Waals surface area (Å²) in [6, 6.07) is 3.51. The molecule has 2 fully saturated rings. The van der Waals surface area contributed by atoms with Crippen LogP contribution in [0.25, 0.3) is 0 Å². The van der Waals surface area contributed by atoms with Crippen LogP contribution in [0, 0.1) is 11.6 Å². The fourth-order valence-corrected chi connectivity index (χ4v) is 3.14. The number of primary amides is 1. The van der Waals surface area contributed by atoms with E-state index in [0.717, 1.165) is 12.1 Å². The van der Waals surface area contributed by atoms with Crippen molar-refractivity contribution in [3.63, 3.8) is 0 Å². The molecule has 2 aliphatic heterocycles. The van der Waals surface area contributed by atoms with Crippen LogP contribution in [0.1, 0.15) is 5.56 Å². The maximum absolute atomic E-state index is 13.3. The van der Waals surface area contributed by atoms with E-state index in [2.05, 4.69) is 0 Å². The molecule has 0 bridgehead atoms. The molecule has 3 rings (SSSR count). The number of hydrogen-bond acceptors (Lipinski definition) is 4. The van der Waals surface area contributed by atoms with Gasteiger partial charge in [-0.15, -0.1) is 0 Å². The summed E-state index contributed by atoms with van der Waals surface area (Å²) >= 11 is 0. The standard InChI is InChI=1S/C15H17F2N3O3/c16-10-2-1-9(3-11(10)17)4-19-5-12-13(6-19)23-8-15(22)20(12)7-14(18)21/h1-3,12-13H,4-8H2,(H2,18,21). The molecule has 0 aliphatic carbocycles. The molecule has 2 heterocycles. The predicted molar refractivity (Wildman–Crippen MR) is 76.1 cm³/mol. The molecule has 0 aromatic heterocycles. The summed E-state index contributed by atoms with van der Waals surface area (Å²) in [4.78, 5) is 26.5. The highest BCUT2D eigenvalue weighted by atomic mass is 19.2. The Morgan fingerprint density at radius 3 is 2.78 bits per heavy atom. The van der Waals surface area contributed by atoms with E-state index in [0.29, 0.717) is 25.2 Å². The summed E-state index contributed by atoms with van der Waals surface area (Å²) in [6.45, 7) is 1.23. The minimum Gasteiger partial charge on any atom is -0.368 e. The van der Waals surface area contributed by atoms with Gasteiger partial charge in [-0.05, 0) is 17.7 Å². The first-order valence-electron chi connectivity index (χ1n) is 7.29. The first-order chi connectivity index (χ1) is 10.9. The predicted octanol–water partition coefficient (Wildman–Crippen LogP) is -0.138. The Kier molecular flexibility index (Phi) is 4.27. The number of rotatable bonds is 4. The largest absolute Gasteiger partial charge is 0.368 e. The molecule has 0 radical (unpaired) electrons. The number of fused-ring (bicyclic) bond motifs is 1. The third-order valence-electron chi connectivity index (χ3n) is 4.17. The molecular weight excluding hydrogens is 308 g/mol. The maximum atomic E-state index is 13.3. The highest BCUT2D eigenvalue weighted by Gasteiger charge is 2.43. The molecule has 2 N–H and O–H groups in total. The summed E-state index contributed by atoms with van der Waals surface area (Å²) < 4.78 is 31.8. The average molecular weight is 325 g/mol. The molecule has 2 aliphatic rings. The number of halogens is 2. The van der Waals surface area contributed by atoms with E-state index in [4.69, 9.17) is 10.5 Å². The third kappa shape index (κ3) is 3.32. The van der Waals surface area contributed by atoms with Crippen molar-refractivity contribution in [2.45, 2.75) is 18.7 Å². The van der Waals surface area contributed by atoms with E-state index in [9.17, 15) is 18.4 Å². The van der Waals surface area contributed by atoms with Gasteiger partial charge in [0.1, 0.15) is 6.61 Å². The Labute approximate surface area is 131 Å². The minimum atomic E-state index is -0.888. The van der Waals surface area contributed by atoms with Gasteiger partial charge in [-0.3, -0.25) is 14.5 Å². The summed E-state index contributed by atoms with van der Waals surface area (Å²) in [7, 11) is 0. The zero-order chi connectivity index (χ0) is 16.6. The molecule has 2 atom stereocenters. The summed E-state index contributed by atoms with van der Waals surface area (Å²) in [6.07, 6.45) is -0.211. The molecule has 1 aromatic carbocycles. The smallest absolute Gasteiger partial charge is 0.249 e. The molecule has 2 unspecified atom stereocenters. The van der Waals surface area contributed by atoms with Gasteiger partial charge in [-0.25, -0.2) is 8.78 Å². The lowest BCUT2D eigenvalue weighted by Crippen LogP contribution is -2.56. The Balaban J connectivity index is 1.69. The minimum absolute atomic E-state index is 0.0759. The first-order valence-corrected chi connectivity index (χ1v) is 7.29. The fourth-order valence-electron chi connectivity index (χ4n) is 3.14. The molecular formula is C15H17F2N3O3. The molecule has 8 heteroatoms. The van der Waals surface area contributed by atoms with E-state index >= 15 is 0 Å². The van der Waals surface area contributed by atoms with Crippen molar-refractivity contribution in [1.82, 2.24) is 9.80 Å². The van der Waals surface area contributed by atoms with Crippen LogP contribution < -0.4 is 5.73 Å². The van der Waals surface area contributed by atoms with Crippen molar-refractivity contribution in [3.05, 3.63) is 35.4 Å². The molecule has 0 saturated carbocycles. The maximum Gasteiger partial charge on any atom is 0.249 e. The van der Waals surface area contributed by atoms with Crippen molar-refractivity contribution >= 4 is 11.8 Å². The average Bonchev–Trinajstić information content (AvgIpc) is 2.89. The fraction of sp³-hybridized carbons (Fsp3) is 0.467. The van der Waals surface area contributed by atoms with Crippen molar-refractivity contribution < 1.29 is 23.1 Å². The number of likely N-dealkylation sites (tertiary alicyclic amines) is 1. The number of hydrogen-bond donors (Lipinski definition) is 1. The van der Waals surface area contributed by atoms with E-state index in [1.54, 1.807) is 0 Å². The summed E-state index contributed by atoms with van der Waals surface area (Å²) in [5.74, 6) is -2.61. The Bertz CT molecular complexity index is 640. The van der Waals surface area contributed by atoms with Gasteiger partial charge in [0, 0.05) is 19.6 Å². The topological polar surface area (TPSA) is 75.9 Å². The van der Waals surface area contributed by atoms with Gasteiger partial charge in [0.05, 0.1) is 18.7 Å². The number of nitrogens with zero attached hydrogens (tertiary/aromatic N) is 2. The van der Waals surface area contributed by atoms with E-state index < -0.39 is 17.5 Å². The Morgan fingerprint density at radius 2 is 2.09 bits per heavy atom. The van der Waals surface area contributed by atoms with Gasteiger partial charge in [0.15, 0.2) is 11.6 Å². The van der Waals surface area contributed by atoms with Gasteiger partial charge in [-0.1, -0.05) is 6.07 Å². The van der Waals surface area contributed by atoms with Gasteiger partial charge >= 0.3 is 0 Å². The second-order valence-electron chi connectivity index (χ2n) is 5.85. The second-order valence-corrected chi connectivity index (χ2v) is 5.85. The SMILES string of the molecule is NC(=O)CN1C(=O)COC2CN(Cc3ccc(F)c(F)c3)CC21. The van der Waals surface area contributed by atoms with Gasteiger partial charge in [0.25, 0.3) is 0 Å². The Morgan fingerprint density at radius 1 is 1.30 bits per heavy atom. The highest BCUT2D eigenvalue weighted by Crippen LogP contribution is 2.25. The summed E-state index contributed by atoms with van der Waals surface area (Å²) in [5.41, 5.74) is 5.83. The van der Waals surface area contributed by atoms with Crippen LogP contribution in [0.3, 0.4) is 0 Å². The van der Waals surface area contributed by atoms with Crippen molar-refractivity contribution in [2.75, 3.05) is 26.2 Å². The molecule has 2 amide bonds. The van der Waals surface area contributed by atoms with E-state index in [1.807, 2.05) is 4.90 Å². The van der Waals surface area contributed by atoms with Crippen LogP contribution in [0.15, 0.2) is 18.2 Å². The third-order valence-corrected chi connectivity index (χ3v) is 4.17. The van der Waals surface area contributed by atoms with E-state index in [-0.39, 0.29) is 31.2 Å². The van der Waals surface area contributed by atoms with Crippen molar-refractivity contribution in [2.24, 2.45) is 5.73 Å². The van der Waals surface area contributed by atoms with Crippen LogP contribution in [0.4, 0.5) is 8.78 Å². The van der Waals surface area contributed by atoms with Gasteiger partial charge in [-0.2, -0.15) is 0 Å². The highest BCUT2D eigenvalue weighted by molar-refractivity contribution is 5.85. The summed E-state index contributed by atoms with van der Waals surface area (Å²) in [5, 5.41) is 0. The van der Waals surface area contributed by atoms with Crippen LogP contribution in [-0.2, 0) is 20.9 Å². The lowest BCUT2D eigenvalue weighted by atomic mass is 10.1. The molecule has 6 nitrogen and oxygen atoms in total. The number of ether oxygens (including phenoxy) is 1. The lowest BCUT2D eigenvalue weighted by molar-refractivity contribution is -0.155. The lowest BCUT2D eigenvalue weighted by Gasteiger charge is -2.35. The van der Waals surface area contributed by atoms with Crippen LogP contribution in [0.5, 0.6) is 0 Å². The monoisotopic (exact) mass is 325 g/mol. The van der Waals surface area contributed by atoms with Crippen LogP contribution in [0.2, 0.25) is 0 Å². The molecule has 0 spiro atoms. The second kappa shape index (κ2) is 6.21. The van der Waals surface area contributed by atoms with Crippen molar-refractivity contribution in [3.8, 4) is 0 Å². The number of carbonyl (C=O) groups is 2. The normalized spacial score (nSPS) is 24.8. The van der Waals surface area contributed by atoms with Crippen LogP contribution in [-0.4, -0.2) is 60.0 Å². The Hall–Kier alpha value is -2.06. The first kappa shape index (κ1) is 15.8. The van der Waals surface area contributed by atoms with Gasteiger partial charge < -0.3 is 15.4 Å². The zero-order valence-corrected chi connectivity index (χ0v) is 12.4. The number of morpholine rings is 1. The van der Waals surface area contributed by atoms with E-state index in [1.165, 1.54) is 11.0 Å². The quantitative estimate of drug-likeness (QED) is 0.836. The molecule has 2 saturated heterocycles. The zero-order valence-electron chi connectivity index (χ0n) is 12.4. The van der Waals surface area contributed by atoms with Crippen molar-refractivity contribution in [1.29, 1.82) is 0 Å². The van der Waals surface area contributed by atoms with Crippen LogP contribution >= 0.6 is 0 Å². The molecule has 1 aromatic rings. The number of benzene rings is 1. The number of carbonyl (C=O) groups excluding carboxylic acids is 2. The van der Waals surface area contributed by atoms with Gasteiger partial charge in [0.2, 0.25) is 11.8 Å². The number of amides is 2.